The predicted molar refractivity (Wildman–Crippen MR) is 72.7 cm³/mol. The van der Waals surface area contributed by atoms with Crippen LogP contribution in [0.5, 0.6) is 0 Å². The molecular formula is C15H20N2O. The number of rotatable bonds is 6. The van der Waals surface area contributed by atoms with Gasteiger partial charge in [0.25, 0.3) is 0 Å². The van der Waals surface area contributed by atoms with Gasteiger partial charge in [-0.3, -0.25) is 0 Å². The van der Waals surface area contributed by atoms with Crippen molar-refractivity contribution in [2.75, 3.05) is 31.7 Å². The molecule has 1 saturated carbocycles. The van der Waals surface area contributed by atoms with Crippen LogP contribution in [-0.4, -0.2) is 26.8 Å². The van der Waals surface area contributed by atoms with E-state index in [1.165, 1.54) is 12.8 Å². The summed E-state index contributed by atoms with van der Waals surface area (Å²) in [7, 11) is 2.02. The molecule has 0 aromatic heterocycles. The van der Waals surface area contributed by atoms with Crippen LogP contribution in [0.2, 0.25) is 0 Å². The van der Waals surface area contributed by atoms with Crippen molar-refractivity contribution in [2.24, 2.45) is 5.92 Å². The van der Waals surface area contributed by atoms with Crippen LogP contribution in [0.1, 0.15) is 24.0 Å². The Morgan fingerprint density at radius 1 is 1.44 bits per heavy atom. The molecule has 3 nitrogen and oxygen atoms in total. The molecule has 0 unspecified atom stereocenters. The van der Waals surface area contributed by atoms with E-state index in [0.717, 1.165) is 42.5 Å². The van der Waals surface area contributed by atoms with Crippen molar-refractivity contribution in [1.29, 1.82) is 5.26 Å². The van der Waals surface area contributed by atoms with Gasteiger partial charge in [0.05, 0.1) is 17.9 Å². The number of aryl methyl sites for hydroxylation is 1. The molecule has 1 fully saturated rings. The average Bonchev–Trinajstić information content (AvgIpc) is 3.18. The van der Waals surface area contributed by atoms with Gasteiger partial charge in [0.1, 0.15) is 6.07 Å². The summed E-state index contributed by atoms with van der Waals surface area (Å²) in [5, 5.41) is 9.14. The van der Waals surface area contributed by atoms with Crippen LogP contribution >= 0.6 is 0 Å². The molecule has 2 rings (SSSR count). The smallest absolute Gasteiger partial charge is 0.101 e. The minimum absolute atomic E-state index is 0.728. The van der Waals surface area contributed by atoms with Gasteiger partial charge in [0.15, 0.2) is 0 Å². The first kappa shape index (κ1) is 12.9. The summed E-state index contributed by atoms with van der Waals surface area (Å²) in [6.45, 7) is 4.49. The summed E-state index contributed by atoms with van der Waals surface area (Å²) in [6, 6.07) is 8.08. The first-order valence-electron chi connectivity index (χ1n) is 6.51. The highest BCUT2D eigenvalue weighted by Gasteiger charge is 2.21. The number of benzene rings is 1. The highest BCUT2D eigenvalue weighted by atomic mass is 16.5. The maximum Gasteiger partial charge on any atom is 0.101 e. The molecule has 0 amide bonds. The van der Waals surface area contributed by atoms with Gasteiger partial charge in [-0.25, -0.2) is 0 Å². The fourth-order valence-electron chi connectivity index (χ4n) is 2.10. The first-order valence-corrected chi connectivity index (χ1v) is 6.51. The molecule has 0 atom stereocenters. The Balaban J connectivity index is 1.90. The van der Waals surface area contributed by atoms with Gasteiger partial charge in [-0.05, 0) is 37.3 Å². The predicted octanol–water partition coefficient (Wildman–Crippen LogP) is 2.73. The van der Waals surface area contributed by atoms with E-state index < -0.39 is 0 Å². The number of hydrogen-bond donors (Lipinski definition) is 0. The highest BCUT2D eigenvalue weighted by molar-refractivity contribution is 5.63. The molecule has 0 spiro atoms. The van der Waals surface area contributed by atoms with E-state index >= 15 is 0 Å². The van der Waals surface area contributed by atoms with Crippen LogP contribution in [0, 0.1) is 24.2 Å². The molecule has 0 heterocycles. The lowest BCUT2D eigenvalue weighted by Crippen LogP contribution is -2.24. The summed E-state index contributed by atoms with van der Waals surface area (Å²) in [4.78, 5) is 2.11. The van der Waals surface area contributed by atoms with Gasteiger partial charge in [0, 0.05) is 20.2 Å². The van der Waals surface area contributed by atoms with Gasteiger partial charge in [-0.2, -0.15) is 5.26 Å². The standard InChI is InChI=1S/C15H20N2O/c1-12-4-3-5-14(10-16)15(12)17(2)8-9-18-11-13-6-7-13/h3-5,13H,6-9,11H2,1-2H3. The summed E-state index contributed by atoms with van der Waals surface area (Å²) in [5.74, 6) is 0.809. The number of nitrogens with zero attached hydrogens (tertiary/aromatic N) is 2. The van der Waals surface area contributed by atoms with Gasteiger partial charge < -0.3 is 9.64 Å². The molecule has 1 aliphatic carbocycles. The summed E-state index contributed by atoms with van der Waals surface area (Å²) in [5.41, 5.74) is 2.90. The molecule has 18 heavy (non-hydrogen) atoms. The maximum atomic E-state index is 9.14. The summed E-state index contributed by atoms with van der Waals surface area (Å²) >= 11 is 0. The molecule has 1 aromatic carbocycles. The molecule has 0 aliphatic heterocycles. The van der Waals surface area contributed by atoms with Gasteiger partial charge in [-0.15, -0.1) is 0 Å². The molecular weight excluding hydrogens is 224 g/mol. The van der Waals surface area contributed by atoms with Crippen molar-refractivity contribution in [3.05, 3.63) is 29.3 Å². The summed E-state index contributed by atoms with van der Waals surface area (Å²) < 4.78 is 5.64. The third kappa shape index (κ3) is 3.24. The minimum Gasteiger partial charge on any atom is -0.379 e. The quantitative estimate of drug-likeness (QED) is 0.722. The fourth-order valence-corrected chi connectivity index (χ4v) is 2.10. The Morgan fingerprint density at radius 3 is 2.89 bits per heavy atom. The van der Waals surface area contributed by atoms with E-state index in [1.54, 1.807) is 0 Å². The average molecular weight is 244 g/mol. The van der Waals surface area contributed by atoms with Gasteiger partial charge in [0.2, 0.25) is 0 Å². The molecule has 3 heteroatoms. The molecule has 0 bridgehead atoms. The highest BCUT2D eigenvalue weighted by Crippen LogP contribution is 2.28. The number of para-hydroxylation sites is 1. The van der Waals surface area contributed by atoms with E-state index in [4.69, 9.17) is 10.00 Å². The zero-order valence-corrected chi connectivity index (χ0v) is 11.1. The molecule has 0 saturated heterocycles. The van der Waals surface area contributed by atoms with E-state index in [9.17, 15) is 0 Å². The first-order chi connectivity index (χ1) is 8.72. The van der Waals surface area contributed by atoms with Crippen molar-refractivity contribution >= 4 is 5.69 Å². The zero-order valence-electron chi connectivity index (χ0n) is 11.1. The van der Waals surface area contributed by atoms with E-state index in [2.05, 4.69) is 11.0 Å². The third-order valence-corrected chi connectivity index (χ3v) is 3.36. The van der Waals surface area contributed by atoms with Crippen LogP contribution in [0.15, 0.2) is 18.2 Å². The van der Waals surface area contributed by atoms with Crippen molar-refractivity contribution < 1.29 is 4.74 Å². The Kier molecular flexibility index (Phi) is 4.22. The zero-order chi connectivity index (χ0) is 13.0. The summed E-state index contributed by atoms with van der Waals surface area (Å²) in [6.07, 6.45) is 2.65. The number of hydrogen-bond acceptors (Lipinski definition) is 3. The second-order valence-electron chi connectivity index (χ2n) is 5.02. The monoisotopic (exact) mass is 244 g/mol. The van der Waals surface area contributed by atoms with Crippen molar-refractivity contribution in [1.82, 2.24) is 0 Å². The normalized spacial score (nSPS) is 14.3. The Hall–Kier alpha value is -1.53. The van der Waals surface area contributed by atoms with Crippen LogP contribution < -0.4 is 4.90 Å². The van der Waals surface area contributed by atoms with E-state index in [-0.39, 0.29) is 0 Å². The minimum atomic E-state index is 0.728. The van der Waals surface area contributed by atoms with Gasteiger partial charge in [-0.1, -0.05) is 12.1 Å². The molecule has 96 valence electrons. The molecule has 0 N–H and O–H groups in total. The third-order valence-electron chi connectivity index (χ3n) is 3.36. The lowest BCUT2D eigenvalue weighted by molar-refractivity contribution is 0.131. The topological polar surface area (TPSA) is 36.3 Å². The van der Waals surface area contributed by atoms with Crippen molar-refractivity contribution in [3.63, 3.8) is 0 Å². The maximum absolute atomic E-state index is 9.14. The second-order valence-corrected chi connectivity index (χ2v) is 5.02. The van der Waals surface area contributed by atoms with Crippen LogP contribution in [0.4, 0.5) is 5.69 Å². The second kappa shape index (κ2) is 5.88. The van der Waals surface area contributed by atoms with Crippen LogP contribution in [-0.2, 0) is 4.74 Å². The lowest BCUT2D eigenvalue weighted by atomic mass is 10.1. The van der Waals surface area contributed by atoms with E-state index in [0.29, 0.717) is 0 Å². The fraction of sp³-hybridized carbons (Fsp3) is 0.533. The molecule has 0 radical (unpaired) electrons. The van der Waals surface area contributed by atoms with Crippen LogP contribution in [0.25, 0.3) is 0 Å². The Bertz CT molecular complexity index is 446. The Morgan fingerprint density at radius 2 is 2.22 bits per heavy atom. The molecule has 1 aliphatic rings. The number of likely N-dealkylation sites (N-methyl/N-ethyl adjacent to an activating group) is 1. The van der Waals surface area contributed by atoms with Crippen molar-refractivity contribution in [2.45, 2.75) is 19.8 Å². The van der Waals surface area contributed by atoms with Crippen LogP contribution in [0.3, 0.4) is 0 Å². The number of nitriles is 1. The van der Waals surface area contributed by atoms with Gasteiger partial charge >= 0.3 is 0 Å². The number of ether oxygens (including phenoxy) is 1. The van der Waals surface area contributed by atoms with Crippen molar-refractivity contribution in [3.8, 4) is 6.07 Å². The number of anilines is 1. The Labute approximate surface area is 109 Å². The lowest BCUT2D eigenvalue weighted by Gasteiger charge is -2.22. The molecule has 1 aromatic rings. The largest absolute Gasteiger partial charge is 0.379 e. The SMILES string of the molecule is Cc1cccc(C#N)c1N(C)CCOCC1CC1. The van der Waals surface area contributed by atoms with E-state index in [1.807, 2.05) is 32.2 Å².